The van der Waals surface area contributed by atoms with Crippen LogP contribution in [0.2, 0.25) is 10.0 Å². The van der Waals surface area contributed by atoms with Crippen molar-refractivity contribution in [2.24, 2.45) is 0 Å². The first-order chi connectivity index (χ1) is 15.8. The number of nitrogens with zero attached hydrogens (tertiary/aromatic N) is 2. The van der Waals surface area contributed by atoms with Crippen LogP contribution < -0.4 is 15.8 Å². The fourth-order valence-corrected chi connectivity index (χ4v) is 3.98. The van der Waals surface area contributed by atoms with E-state index in [1.807, 2.05) is 43.3 Å². The Bertz CT molecular complexity index is 1330. The molecule has 7 nitrogen and oxygen atoms in total. The number of benzene rings is 3. The van der Waals surface area contributed by atoms with Crippen molar-refractivity contribution < 1.29 is 14.3 Å². The molecule has 0 radical (unpaired) electrons. The maximum Gasteiger partial charge on any atom is 0.244 e. The Labute approximate surface area is 200 Å². The van der Waals surface area contributed by atoms with Crippen LogP contribution >= 0.6 is 23.2 Å². The van der Waals surface area contributed by atoms with Gasteiger partial charge in [0.05, 0.1) is 26.8 Å². The number of imidazole rings is 1. The monoisotopic (exact) mass is 482 g/mol. The minimum Gasteiger partial charge on any atom is -0.485 e. The molecular weight excluding hydrogens is 463 g/mol. The molecule has 1 aromatic heterocycles. The lowest BCUT2D eigenvalue weighted by Crippen LogP contribution is -2.20. The predicted octanol–water partition coefficient (Wildman–Crippen LogP) is 5.13. The van der Waals surface area contributed by atoms with Gasteiger partial charge < -0.3 is 20.4 Å². The molecule has 1 heterocycles. The minimum atomic E-state index is -0.391. The third kappa shape index (κ3) is 4.94. The van der Waals surface area contributed by atoms with Crippen molar-refractivity contribution in [1.82, 2.24) is 9.55 Å². The normalized spacial score (nSPS) is 10.9. The van der Waals surface area contributed by atoms with E-state index in [0.29, 0.717) is 5.75 Å². The first-order valence-corrected chi connectivity index (χ1v) is 10.8. The zero-order valence-electron chi connectivity index (χ0n) is 17.6. The fraction of sp³-hybridized carbons (Fsp3) is 0.125. The molecule has 0 aliphatic carbocycles. The molecule has 0 atom stereocenters. The zero-order chi connectivity index (χ0) is 23.5. The topological polar surface area (TPSA) is 99.2 Å². The van der Waals surface area contributed by atoms with Gasteiger partial charge >= 0.3 is 0 Å². The fourth-order valence-electron chi connectivity index (χ4n) is 3.40. The Morgan fingerprint density at radius 2 is 1.76 bits per heavy atom. The average Bonchev–Trinajstić information content (AvgIpc) is 3.11. The number of carbonyl (C=O) groups excluding carboxylic acids is 2. The number of carbonyl (C=O) groups is 2. The maximum absolute atomic E-state index is 12.7. The van der Waals surface area contributed by atoms with Crippen LogP contribution in [0.1, 0.15) is 15.9 Å². The van der Waals surface area contributed by atoms with Crippen molar-refractivity contribution in [2.45, 2.75) is 13.5 Å². The molecule has 0 aliphatic heterocycles. The molecule has 4 aromatic rings. The molecule has 0 saturated heterocycles. The maximum atomic E-state index is 12.7. The number of hydrogen-bond donors (Lipinski definition) is 2. The number of aromatic nitrogens is 2. The Balaban J connectivity index is 1.47. The molecule has 168 valence electrons. The third-order valence-electron chi connectivity index (χ3n) is 5.05. The van der Waals surface area contributed by atoms with E-state index in [-0.39, 0.29) is 46.2 Å². The second-order valence-corrected chi connectivity index (χ2v) is 8.20. The van der Waals surface area contributed by atoms with Gasteiger partial charge in [-0.05, 0) is 42.8 Å². The van der Waals surface area contributed by atoms with Crippen LogP contribution in [0.3, 0.4) is 0 Å². The largest absolute Gasteiger partial charge is 0.485 e. The Morgan fingerprint density at radius 1 is 1.06 bits per heavy atom. The van der Waals surface area contributed by atoms with Crippen LogP contribution in [-0.2, 0) is 11.3 Å². The van der Waals surface area contributed by atoms with E-state index >= 15 is 0 Å². The number of ether oxygens (including phenoxy) is 1. The van der Waals surface area contributed by atoms with E-state index in [4.69, 9.17) is 33.7 Å². The highest BCUT2D eigenvalue weighted by Crippen LogP contribution is 2.32. The van der Waals surface area contributed by atoms with Crippen LogP contribution in [0.4, 0.5) is 11.6 Å². The van der Waals surface area contributed by atoms with E-state index in [0.717, 1.165) is 16.6 Å². The third-order valence-corrected chi connectivity index (χ3v) is 5.65. The predicted molar refractivity (Wildman–Crippen MR) is 130 cm³/mol. The second-order valence-electron chi connectivity index (χ2n) is 7.39. The number of fused-ring (bicyclic) bond motifs is 1. The molecule has 0 fully saturated rings. The van der Waals surface area contributed by atoms with E-state index in [9.17, 15) is 9.59 Å². The summed E-state index contributed by atoms with van der Waals surface area (Å²) in [6.07, 6.45) is 0. The van der Waals surface area contributed by atoms with Crippen LogP contribution in [0.5, 0.6) is 5.75 Å². The molecule has 3 N–H and O–H groups in total. The average molecular weight is 483 g/mol. The second kappa shape index (κ2) is 9.52. The Kier molecular flexibility index (Phi) is 6.53. The molecule has 1 amide bonds. The quantitative estimate of drug-likeness (QED) is 0.355. The van der Waals surface area contributed by atoms with Gasteiger partial charge in [-0.1, -0.05) is 53.5 Å². The summed E-state index contributed by atoms with van der Waals surface area (Å²) >= 11 is 12.7. The van der Waals surface area contributed by atoms with Gasteiger partial charge in [0, 0.05) is 5.56 Å². The molecule has 0 bridgehead atoms. The number of Topliss-reactive ketones (excluding diaryl/α,β-unsaturated/α-hetero) is 1. The van der Waals surface area contributed by atoms with Crippen molar-refractivity contribution in [3.8, 4) is 5.75 Å². The number of hydrogen-bond acceptors (Lipinski definition) is 5. The molecule has 0 aliphatic rings. The summed E-state index contributed by atoms with van der Waals surface area (Å²) in [5.74, 6) is 0.116. The summed E-state index contributed by atoms with van der Waals surface area (Å²) in [6.45, 7) is 1.67. The Morgan fingerprint density at radius 3 is 2.45 bits per heavy atom. The smallest absolute Gasteiger partial charge is 0.244 e. The summed E-state index contributed by atoms with van der Waals surface area (Å²) in [6, 6.07) is 17.5. The number of ketones is 1. The molecule has 9 heteroatoms. The number of aryl methyl sites for hydroxylation is 1. The van der Waals surface area contributed by atoms with Crippen LogP contribution in [0, 0.1) is 6.92 Å². The lowest BCUT2D eigenvalue weighted by atomic mass is 10.1. The van der Waals surface area contributed by atoms with Gasteiger partial charge in [-0.3, -0.25) is 9.59 Å². The van der Waals surface area contributed by atoms with Gasteiger partial charge in [0.15, 0.2) is 12.4 Å². The van der Waals surface area contributed by atoms with Gasteiger partial charge in [0.1, 0.15) is 12.3 Å². The molecule has 0 spiro atoms. The zero-order valence-corrected chi connectivity index (χ0v) is 19.2. The number of amides is 1. The first-order valence-electron chi connectivity index (χ1n) is 10.0. The molecule has 0 unspecified atom stereocenters. The number of rotatable bonds is 7. The number of anilines is 2. The summed E-state index contributed by atoms with van der Waals surface area (Å²) < 4.78 is 7.09. The van der Waals surface area contributed by atoms with Crippen LogP contribution in [-0.4, -0.2) is 27.8 Å². The van der Waals surface area contributed by atoms with E-state index in [1.54, 1.807) is 16.7 Å². The molecular formula is C24H20Cl2N4O3. The van der Waals surface area contributed by atoms with Gasteiger partial charge in [0.25, 0.3) is 0 Å². The lowest BCUT2D eigenvalue weighted by molar-refractivity contribution is -0.116. The van der Waals surface area contributed by atoms with Gasteiger partial charge in [-0.25, -0.2) is 4.98 Å². The summed E-state index contributed by atoms with van der Waals surface area (Å²) in [7, 11) is 0. The van der Waals surface area contributed by atoms with Gasteiger partial charge in [-0.2, -0.15) is 0 Å². The number of nitrogens with one attached hydrogen (secondary N) is 1. The van der Waals surface area contributed by atoms with Crippen LogP contribution in [0.15, 0.2) is 60.7 Å². The Hall–Kier alpha value is -3.55. The van der Waals surface area contributed by atoms with Gasteiger partial charge in [0.2, 0.25) is 11.9 Å². The molecule has 0 saturated carbocycles. The highest BCUT2D eigenvalue weighted by molar-refractivity contribution is 6.40. The molecule has 4 rings (SSSR count). The van der Waals surface area contributed by atoms with E-state index in [1.165, 1.54) is 12.1 Å². The highest BCUT2D eigenvalue weighted by Gasteiger charge is 2.18. The number of nitrogens with two attached hydrogens (primary N) is 1. The van der Waals surface area contributed by atoms with Crippen molar-refractivity contribution >= 4 is 57.6 Å². The molecule has 3 aromatic carbocycles. The molecule has 33 heavy (non-hydrogen) atoms. The lowest BCUT2D eigenvalue weighted by Gasteiger charge is -2.13. The minimum absolute atomic E-state index is 0.0793. The summed E-state index contributed by atoms with van der Waals surface area (Å²) in [5.41, 5.74) is 8.95. The van der Waals surface area contributed by atoms with Crippen molar-refractivity contribution in [2.75, 3.05) is 17.7 Å². The first kappa shape index (κ1) is 22.6. The summed E-state index contributed by atoms with van der Waals surface area (Å²) in [5, 5.41) is 2.97. The van der Waals surface area contributed by atoms with E-state index in [2.05, 4.69) is 10.3 Å². The number of nitrogen functional groups attached to an aromatic ring is 1. The van der Waals surface area contributed by atoms with E-state index < -0.39 is 5.91 Å². The van der Waals surface area contributed by atoms with Crippen molar-refractivity contribution in [3.05, 3.63) is 81.8 Å². The van der Waals surface area contributed by atoms with Gasteiger partial charge in [-0.15, -0.1) is 0 Å². The van der Waals surface area contributed by atoms with Crippen molar-refractivity contribution in [1.29, 1.82) is 0 Å². The highest BCUT2D eigenvalue weighted by atomic mass is 35.5. The SMILES string of the molecule is Cc1cccc2c1nc(N)n2CC(=O)Nc1c(Cl)cc(C(=O)COc2ccccc2)cc1Cl. The summed E-state index contributed by atoms with van der Waals surface area (Å²) in [4.78, 5) is 29.6. The standard InChI is InChI=1S/C24H20Cl2N4O3/c1-14-6-5-9-19-22(14)29-24(27)30(19)12-21(32)28-23-17(25)10-15(11-18(23)26)20(31)13-33-16-7-3-2-4-8-16/h2-11H,12-13H2,1H3,(H2,27,29)(H,28,32). The van der Waals surface area contributed by atoms with Crippen molar-refractivity contribution in [3.63, 3.8) is 0 Å². The number of halogens is 2. The number of para-hydroxylation sites is 2. The van der Waals surface area contributed by atoms with Crippen LogP contribution in [0.25, 0.3) is 11.0 Å².